The number of amides is 3. The van der Waals surface area contributed by atoms with Gasteiger partial charge in [-0.2, -0.15) is 0 Å². The highest BCUT2D eigenvalue weighted by molar-refractivity contribution is 5.94. The van der Waals surface area contributed by atoms with Gasteiger partial charge in [0.1, 0.15) is 23.9 Å². The number of aliphatic carboxylic acids is 1. The number of benzene rings is 2. The van der Waals surface area contributed by atoms with Crippen molar-refractivity contribution in [2.24, 2.45) is 11.7 Å². The largest absolute Gasteiger partial charge is 0.508 e. The van der Waals surface area contributed by atoms with Crippen LogP contribution in [0.15, 0.2) is 54.6 Å². The van der Waals surface area contributed by atoms with Gasteiger partial charge in [0.15, 0.2) is 0 Å². The predicted octanol–water partition coefficient (Wildman–Crippen LogP) is 0.0821. The van der Waals surface area contributed by atoms with Crippen molar-refractivity contribution in [3.05, 3.63) is 65.7 Å². The minimum absolute atomic E-state index is 0.000295. The highest BCUT2D eigenvalue weighted by atomic mass is 16.4. The maximum Gasteiger partial charge on any atom is 0.326 e. The van der Waals surface area contributed by atoms with E-state index in [9.17, 15) is 34.5 Å². The monoisotopic (exact) mass is 528 g/mol. The standard InChI is InChI=1S/C27H36N4O7/c1-3-16(2)23(27(37)38)31-26(36)22(15-32)30-25(35)21(14-18-9-11-19(33)12-10-18)29-24(34)20(28)13-17-7-5-4-6-8-17/h4-12,16,20-23,32-33H,3,13-15,28H2,1-2H3,(H,29,34)(H,30,35)(H,31,36)(H,37,38). The van der Waals surface area contributed by atoms with E-state index in [1.807, 2.05) is 30.3 Å². The number of hydrogen-bond donors (Lipinski definition) is 7. The third-order valence-corrected chi connectivity index (χ3v) is 6.24. The third kappa shape index (κ3) is 9.16. The quantitative estimate of drug-likeness (QED) is 0.179. The Morgan fingerprint density at radius 1 is 0.816 bits per heavy atom. The second kappa shape index (κ2) is 14.7. The van der Waals surface area contributed by atoms with Crippen LogP contribution in [0.2, 0.25) is 0 Å². The number of aliphatic hydroxyl groups is 1. The normalized spacial score (nSPS) is 14.8. The number of aromatic hydroxyl groups is 1. The van der Waals surface area contributed by atoms with Crippen LogP contribution in [0.5, 0.6) is 5.75 Å². The average molecular weight is 529 g/mol. The van der Waals surface area contributed by atoms with Crippen molar-refractivity contribution < 1.29 is 34.5 Å². The van der Waals surface area contributed by atoms with E-state index in [2.05, 4.69) is 16.0 Å². The van der Waals surface area contributed by atoms with Crippen LogP contribution in [0.3, 0.4) is 0 Å². The number of hydrogen-bond acceptors (Lipinski definition) is 7. The van der Waals surface area contributed by atoms with Crippen molar-refractivity contribution in [1.82, 2.24) is 16.0 Å². The van der Waals surface area contributed by atoms with Gasteiger partial charge in [0.2, 0.25) is 17.7 Å². The molecular formula is C27H36N4O7. The van der Waals surface area contributed by atoms with E-state index in [0.29, 0.717) is 12.0 Å². The minimum Gasteiger partial charge on any atom is -0.508 e. The minimum atomic E-state index is -1.45. The molecule has 2 rings (SSSR count). The van der Waals surface area contributed by atoms with E-state index in [4.69, 9.17) is 5.73 Å². The van der Waals surface area contributed by atoms with Crippen LogP contribution in [-0.4, -0.2) is 69.8 Å². The molecule has 8 N–H and O–H groups in total. The highest BCUT2D eigenvalue weighted by Gasteiger charge is 2.31. The lowest BCUT2D eigenvalue weighted by atomic mass is 9.99. The number of carbonyl (C=O) groups is 4. The summed E-state index contributed by atoms with van der Waals surface area (Å²) in [7, 11) is 0. The summed E-state index contributed by atoms with van der Waals surface area (Å²) < 4.78 is 0. The molecule has 0 saturated carbocycles. The Morgan fingerprint density at radius 2 is 1.37 bits per heavy atom. The number of carbonyl (C=O) groups excluding carboxylic acids is 3. The van der Waals surface area contributed by atoms with E-state index < -0.39 is 54.5 Å². The van der Waals surface area contributed by atoms with Crippen molar-refractivity contribution in [1.29, 1.82) is 0 Å². The molecule has 0 aromatic heterocycles. The number of nitrogens with one attached hydrogen (secondary N) is 3. The van der Waals surface area contributed by atoms with Crippen LogP contribution in [0, 0.1) is 5.92 Å². The Morgan fingerprint density at radius 3 is 1.92 bits per heavy atom. The molecular weight excluding hydrogens is 492 g/mol. The second-order valence-electron chi connectivity index (χ2n) is 9.18. The van der Waals surface area contributed by atoms with Gasteiger partial charge in [-0.1, -0.05) is 62.7 Å². The first-order chi connectivity index (χ1) is 18.0. The third-order valence-electron chi connectivity index (χ3n) is 6.24. The fourth-order valence-corrected chi connectivity index (χ4v) is 3.72. The summed E-state index contributed by atoms with van der Waals surface area (Å²) >= 11 is 0. The first-order valence-electron chi connectivity index (χ1n) is 12.4. The molecule has 5 atom stereocenters. The number of carboxylic acid groups (broad SMARTS) is 1. The van der Waals surface area contributed by atoms with Gasteiger partial charge in [-0.15, -0.1) is 0 Å². The lowest BCUT2D eigenvalue weighted by molar-refractivity contribution is -0.144. The van der Waals surface area contributed by atoms with Crippen molar-refractivity contribution in [2.45, 2.75) is 57.3 Å². The smallest absolute Gasteiger partial charge is 0.326 e. The molecule has 2 aromatic rings. The molecule has 0 aliphatic heterocycles. The van der Waals surface area contributed by atoms with E-state index >= 15 is 0 Å². The Hall–Kier alpha value is -3.96. The predicted molar refractivity (Wildman–Crippen MR) is 140 cm³/mol. The number of rotatable bonds is 14. The van der Waals surface area contributed by atoms with Gasteiger partial charge < -0.3 is 37.0 Å². The summed E-state index contributed by atoms with van der Waals surface area (Å²) in [4.78, 5) is 50.4. The van der Waals surface area contributed by atoms with E-state index in [0.717, 1.165) is 5.56 Å². The Balaban J connectivity index is 2.17. The zero-order valence-electron chi connectivity index (χ0n) is 21.5. The lowest BCUT2D eigenvalue weighted by Gasteiger charge is -2.26. The fourth-order valence-electron chi connectivity index (χ4n) is 3.72. The van der Waals surface area contributed by atoms with Gasteiger partial charge in [-0.3, -0.25) is 14.4 Å². The number of phenols is 1. The highest BCUT2D eigenvalue weighted by Crippen LogP contribution is 2.12. The van der Waals surface area contributed by atoms with Crippen LogP contribution >= 0.6 is 0 Å². The summed E-state index contributed by atoms with van der Waals surface area (Å²) in [6, 6.07) is 10.3. The Labute approximate surface area is 221 Å². The van der Waals surface area contributed by atoms with Gasteiger partial charge in [-0.25, -0.2) is 4.79 Å². The average Bonchev–Trinajstić information content (AvgIpc) is 2.90. The van der Waals surface area contributed by atoms with Gasteiger partial charge in [0.05, 0.1) is 12.6 Å². The maximum atomic E-state index is 13.2. The Bertz CT molecular complexity index is 1080. The lowest BCUT2D eigenvalue weighted by Crippen LogP contribution is -2.59. The number of aliphatic hydroxyl groups excluding tert-OH is 1. The van der Waals surface area contributed by atoms with Gasteiger partial charge in [-0.05, 0) is 35.6 Å². The van der Waals surface area contributed by atoms with Crippen LogP contribution in [0.1, 0.15) is 31.4 Å². The number of phenolic OH excluding ortho intramolecular Hbond substituents is 1. The molecule has 0 spiro atoms. The molecule has 2 aromatic carbocycles. The molecule has 5 unspecified atom stereocenters. The molecule has 0 bridgehead atoms. The molecule has 0 aliphatic carbocycles. The molecule has 38 heavy (non-hydrogen) atoms. The van der Waals surface area contributed by atoms with Crippen LogP contribution in [0.25, 0.3) is 0 Å². The van der Waals surface area contributed by atoms with Crippen molar-refractivity contribution in [3.8, 4) is 5.75 Å². The molecule has 11 nitrogen and oxygen atoms in total. The molecule has 0 fully saturated rings. The SMILES string of the molecule is CCC(C)C(NC(=O)C(CO)NC(=O)C(Cc1ccc(O)cc1)NC(=O)C(N)Cc1ccccc1)C(=O)O. The second-order valence-corrected chi connectivity index (χ2v) is 9.18. The molecule has 0 saturated heterocycles. The van der Waals surface area contributed by atoms with Crippen LogP contribution in [-0.2, 0) is 32.0 Å². The van der Waals surface area contributed by atoms with E-state index in [1.54, 1.807) is 26.0 Å². The van der Waals surface area contributed by atoms with E-state index in [1.165, 1.54) is 12.1 Å². The topological polar surface area (TPSA) is 191 Å². The molecule has 11 heteroatoms. The van der Waals surface area contributed by atoms with Crippen molar-refractivity contribution in [3.63, 3.8) is 0 Å². The zero-order valence-corrected chi connectivity index (χ0v) is 21.5. The first-order valence-corrected chi connectivity index (χ1v) is 12.4. The number of carboxylic acids is 1. The summed E-state index contributed by atoms with van der Waals surface area (Å²) in [6.45, 7) is 2.64. The van der Waals surface area contributed by atoms with Gasteiger partial charge in [0.25, 0.3) is 0 Å². The summed E-state index contributed by atoms with van der Waals surface area (Å²) in [6.07, 6.45) is 0.714. The summed E-state index contributed by atoms with van der Waals surface area (Å²) in [5.74, 6) is -3.85. The molecule has 0 radical (unpaired) electrons. The molecule has 3 amide bonds. The van der Waals surface area contributed by atoms with E-state index in [-0.39, 0.29) is 24.5 Å². The van der Waals surface area contributed by atoms with Gasteiger partial charge in [0, 0.05) is 6.42 Å². The number of nitrogens with two attached hydrogens (primary N) is 1. The first kappa shape index (κ1) is 30.3. The van der Waals surface area contributed by atoms with Crippen molar-refractivity contribution in [2.75, 3.05) is 6.61 Å². The summed E-state index contributed by atoms with van der Waals surface area (Å²) in [5.41, 5.74) is 7.51. The molecule has 206 valence electrons. The van der Waals surface area contributed by atoms with Crippen molar-refractivity contribution >= 4 is 23.7 Å². The Kier molecular flexibility index (Phi) is 11.7. The molecule has 0 aliphatic rings. The fraction of sp³-hybridized carbons (Fsp3) is 0.407. The zero-order chi connectivity index (χ0) is 28.2. The van der Waals surface area contributed by atoms with Gasteiger partial charge >= 0.3 is 5.97 Å². The summed E-state index contributed by atoms with van der Waals surface area (Å²) in [5, 5.41) is 36.1. The van der Waals surface area contributed by atoms with Crippen LogP contribution in [0.4, 0.5) is 0 Å². The molecule has 0 heterocycles. The maximum absolute atomic E-state index is 13.2. The van der Waals surface area contributed by atoms with Crippen LogP contribution < -0.4 is 21.7 Å².